The molecule has 20 heavy (non-hydrogen) atoms. The molecule has 1 rings (SSSR count). The standard InChI is InChI=1S/C12H13ClO5S.Na/c1-7-5-9(11(15)10(14)3-4-13)6-8(2)12(7)19-18-17-16;/h5-6,16H,3-4H2,1-2H3;/q;+1/p-1. The van der Waals surface area contributed by atoms with E-state index in [0.717, 1.165) is 12.0 Å². The molecule has 8 heteroatoms. The van der Waals surface area contributed by atoms with Crippen LogP contribution in [0.25, 0.3) is 0 Å². The smallest absolute Gasteiger partial charge is 0.691 e. The van der Waals surface area contributed by atoms with E-state index < -0.39 is 11.6 Å². The molecule has 0 fully saturated rings. The zero-order chi connectivity index (χ0) is 14.4. The predicted molar refractivity (Wildman–Crippen MR) is 68.6 cm³/mol. The Bertz CT molecular complexity index is 472. The van der Waals surface area contributed by atoms with Gasteiger partial charge in [0, 0.05) is 22.8 Å². The average Bonchev–Trinajstić information content (AvgIpc) is 2.37. The molecule has 0 N–H and O–H groups in total. The number of halogens is 1. The molecule has 1 aromatic rings. The first-order valence-corrected chi connectivity index (χ1v) is 6.66. The normalized spacial score (nSPS) is 10.0. The van der Waals surface area contributed by atoms with Gasteiger partial charge in [0.15, 0.2) is 0 Å². The summed E-state index contributed by atoms with van der Waals surface area (Å²) in [4.78, 5) is 24.0. The molecule has 0 aliphatic rings. The van der Waals surface area contributed by atoms with E-state index in [1.807, 2.05) is 0 Å². The zero-order valence-corrected chi connectivity index (χ0v) is 15.0. The minimum Gasteiger partial charge on any atom is -0.691 e. The minimum atomic E-state index is -0.565. The number of carbonyl (C=O) groups excluding carboxylic acids is 2. The van der Waals surface area contributed by atoms with E-state index in [-0.39, 0.29) is 41.9 Å². The van der Waals surface area contributed by atoms with Gasteiger partial charge in [-0.1, -0.05) is 0 Å². The van der Waals surface area contributed by atoms with Crippen LogP contribution in [0.1, 0.15) is 27.9 Å². The Morgan fingerprint density at radius 2 is 1.85 bits per heavy atom. The van der Waals surface area contributed by atoms with Crippen molar-refractivity contribution in [2.24, 2.45) is 0 Å². The first-order chi connectivity index (χ1) is 9.01. The molecule has 0 spiro atoms. The Morgan fingerprint density at radius 1 is 1.30 bits per heavy atom. The van der Waals surface area contributed by atoms with E-state index in [1.54, 1.807) is 26.0 Å². The topological polar surface area (TPSA) is 75.7 Å². The fraction of sp³-hybridized carbons (Fsp3) is 0.333. The Kier molecular flexibility index (Phi) is 9.96. The van der Waals surface area contributed by atoms with E-state index in [0.29, 0.717) is 21.6 Å². The summed E-state index contributed by atoms with van der Waals surface area (Å²) in [7, 11) is 0. The molecule has 0 saturated carbocycles. The molecule has 0 unspecified atom stereocenters. The molecule has 0 aliphatic heterocycles. The third-order valence-electron chi connectivity index (χ3n) is 2.44. The maximum atomic E-state index is 11.8. The number of Topliss-reactive ketones (excluding diaryl/α,β-unsaturated/α-hetero) is 2. The molecule has 0 amide bonds. The van der Waals surface area contributed by atoms with Gasteiger partial charge in [-0.3, -0.25) is 14.6 Å². The van der Waals surface area contributed by atoms with E-state index in [4.69, 9.17) is 11.6 Å². The van der Waals surface area contributed by atoms with Crippen molar-refractivity contribution in [2.75, 3.05) is 5.88 Å². The van der Waals surface area contributed by atoms with Crippen LogP contribution in [-0.2, 0) is 14.2 Å². The van der Waals surface area contributed by atoms with Crippen LogP contribution in [0.5, 0.6) is 0 Å². The third kappa shape index (κ3) is 5.46. The summed E-state index contributed by atoms with van der Waals surface area (Å²) in [5.74, 6) is -0.969. The summed E-state index contributed by atoms with van der Waals surface area (Å²) in [5.41, 5.74) is 1.73. The molecule has 5 nitrogen and oxygen atoms in total. The molecule has 0 saturated heterocycles. The van der Waals surface area contributed by atoms with Gasteiger partial charge in [0.1, 0.15) is 0 Å². The summed E-state index contributed by atoms with van der Waals surface area (Å²) < 4.78 is 4.26. The number of carbonyl (C=O) groups is 2. The van der Waals surface area contributed by atoms with Crippen molar-refractivity contribution in [1.29, 1.82) is 0 Å². The quantitative estimate of drug-likeness (QED) is 0.121. The first-order valence-electron chi connectivity index (χ1n) is 5.39. The van der Waals surface area contributed by atoms with Crippen LogP contribution < -0.4 is 34.8 Å². The second kappa shape index (κ2) is 9.92. The molecule has 0 bridgehead atoms. The molecule has 0 heterocycles. The van der Waals surface area contributed by atoms with Crippen LogP contribution >= 0.6 is 23.6 Å². The second-order valence-corrected chi connectivity index (χ2v) is 4.94. The SMILES string of the molecule is Cc1cc(C(=O)C(=O)CCCl)cc(C)c1SOO[O-].[Na+]. The second-order valence-electron chi connectivity index (χ2n) is 3.85. The number of benzene rings is 1. The molecular weight excluding hydrogens is 315 g/mol. The summed E-state index contributed by atoms with van der Waals surface area (Å²) in [6.07, 6.45) is 0.0160. The number of ketones is 2. The Morgan fingerprint density at radius 3 is 2.30 bits per heavy atom. The van der Waals surface area contributed by atoms with E-state index in [1.165, 1.54) is 0 Å². The van der Waals surface area contributed by atoms with Crippen LogP contribution in [0.4, 0.5) is 0 Å². The number of aryl methyl sites for hydroxylation is 2. The third-order valence-corrected chi connectivity index (χ3v) is 3.57. The molecule has 0 radical (unpaired) electrons. The Balaban J connectivity index is 0.00000361. The van der Waals surface area contributed by atoms with Crippen LogP contribution in [0.15, 0.2) is 17.0 Å². The molecule has 1 aromatic carbocycles. The summed E-state index contributed by atoms with van der Waals surface area (Å²) >= 11 is 6.20. The van der Waals surface area contributed by atoms with Crippen molar-refractivity contribution in [3.05, 3.63) is 28.8 Å². The zero-order valence-electron chi connectivity index (χ0n) is 11.4. The fourth-order valence-corrected chi connectivity index (χ4v) is 2.27. The average molecular weight is 327 g/mol. The maximum Gasteiger partial charge on any atom is 1.00 e. The van der Waals surface area contributed by atoms with Gasteiger partial charge < -0.3 is 5.26 Å². The minimum absolute atomic E-state index is 0. The van der Waals surface area contributed by atoms with Gasteiger partial charge in [-0.15, -0.1) is 11.6 Å². The molecule has 104 valence electrons. The van der Waals surface area contributed by atoms with Crippen molar-refractivity contribution in [3.8, 4) is 0 Å². The number of alkyl halides is 1. The summed E-state index contributed by atoms with van der Waals surface area (Å²) in [6.45, 7) is 3.48. The number of hydrogen-bond donors (Lipinski definition) is 0. The van der Waals surface area contributed by atoms with Gasteiger partial charge in [-0.05, 0) is 37.1 Å². The van der Waals surface area contributed by atoms with Crippen LogP contribution in [0, 0.1) is 13.8 Å². The summed E-state index contributed by atoms with van der Waals surface area (Å²) in [5, 5.41) is 13.1. The van der Waals surface area contributed by atoms with Crippen molar-refractivity contribution in [2.45, 2.75) is 25.2 Å². The van der Waals surface area contributed by atoms with Crippen molar-refractivity contribution in [1.82, 2.24) is 0 Å². The first kappa shape index (κ1) is 20.1. The van der Waals surface area contributed by atoms with Gasteiger partial charge in [0.25, 0.3) is 0 Å². The van der Waals surface area contributed by atoms with Crippen LogP contribution in [0.2, 0.25) is 0 Å². The maximum absolute atomic E-state index is 11.8. The van der Waals surface area contributed by atoms with Crippen molar-refractivity contribution >= 4 is 35.2 Å². The Labute approximate surface area is 148 Å². The van der Waals surface area contributed by atoms with E-state index >= 15 is 0 Å². The van der Waals surface area contributed by atoms with Crippen LogP contribution in [-0.4, -0.2) is 17.4 Å². The number of hydrogen-bond acceptors (Lipinski definition) is 6. The van der Waals surface area contributed by atoms with Gasteiger partial charge >= 0.3 is 29.6 Å². The Hall–Kier alpha value is 0.0800. The van der Waals surface area contributed by atoms with Crippen molar-refractivity contribution < 1.29 is 53.8 Å². The molecular formula is C12H12ClNaO5S. The van der Waals surface area contributed by atoms with Gasteiger partial charge in [0.05, 0.1) is 12.0 Å². The fourth-order valence-electron chi connectivity index (χ4n) is 1.62. The molecule has 0 aromatic heterocycles. The van der Waals surface area contributed by atoms with Gasteiger partial charge in [0.2, 0.25) is 11.6 Å². The number of rotatable bonds is 7. The van der Waals surface area contributed by atoms with E-state index in [2.05, 4.69) is 9.37 Å². The molecule has 0 aliphatic carbocycles. The van der Waals surface area contributed by atoms with E-state index in [9.17, 15) is 14.8 Å². The monoisotopic (exact) mass is 326 g/mol. The van der Waals surface area contributed by atoms with Crippen LogP contribution in [0.3, 0.4) is 0 Å². The summed E-state index contributed by atoms with van der Waals surface area (Å²) in [6, 6.07) is 3.13. The largest absolute Gasteiger partial charge is 1.00 e. The van der Waals surface area contributed by atoms with Gasteiger partial charge in [-0.2, -0.15) is 4.33 Å². The van der Waals surface area contributed by atoms with Crippen molar-refractivity contribution in [3.63, 3.8) is 0 Å². The molecule has 0 atom stereocenters. The predicted octanol–water partition coefficient (Wildman–Crippen LogP) is -1.08. The van der Waals surface area contributed by atoms with Gasteiger partial charge in [-0.25, -0.2) is 0 Å².